The lowest BCUT2D eigenvalue weighted by Crippen LogP contribution is -2.36. The molecule has 0 aliphatic carbocycles. The Balaban J connectivity index is 1.83. The van der Waals surface area contributed by atoms with E-state index >= 15 is 0 Å². The normalized spacial score (nSPS) is 11.8. The standard InChI is InChI=1S/C16H21FN4S/c1-11(2)15-21-14(10-22-15)9-20-16(18-3)19-8-12-4-6-13(17)7-5-12/h4-7,10-11H,8-9H2,1-3H3,(H2,18,19,20). The van der Waals surface area contributed by atoms with Crippen molar-refractivity contribution in [1.82, 2.24) is 15.6 Å². The Morgan fingerprint density at radius 3 is 2.50 bits per heavy atom. The van der Waals surface area contributed by atoms with Gasteiger partial charge in [-0.3, -0.25) is 4.99 Å². The van der Waals surface area contributed by atoms with Gasteiger partial charge in [0.15, 0.2) is 5.96 Å². The topological polar surface area (TPSA) is 49.3 Å². The van der Waals surface area contributed by atoms with Crippen LogP contribution < -0.4 is 10.6 Å². The van der Waals surface area contributed by atoms with Gasteiger partial charge in [0, 0.05) is 24.9 Å². The van der Waals surface area contributed by atoms with Crippen LogP contribution in [0, 0.1) is 5.82 Å². The zero-order chi connectivity index (χ0) is 15.9. The SMILES string of the molecule is CN=C(NCc1ccc(F)cc1)NCc1csc(C(C)C)n1. The summed E-state index contributed by atoms with van der Waals surface area (Å²) in [5.74, 6) is 0.925. The van der Waals surface area contributed by atoms with Gasteiger partial charge in [-0.1, -0.05) is 26.0 Å². The first-order chi connectivity index (χ1) is 10.6. The molecule has 1 aromatic carbocycles. The molecule has 6 heteroatoms. The van der Waals surface area contributed by atoms with Gasteiger partial charge in [0.25, 0.3) is 0 Å². The Bertz CT molecular complexity index is 619. The fourth-order valence-corrected chi connectivity index (χ4v) is 2.69. The number of hydrogen-bond acceptors (Lipinski definition) is 3. The third kappa shape index (κ3) is 4.80. The van der Waals surface area contributed by atoms with Crippen LogP contribution in [-0.2, 0) is 13.1 Å². The molecule has 0 fully saturated rings. The molecular weight excluding hydrogens is 299 g/mol. The molecule has 2 aromatic rings. The molecule has 0 unspecified atom stereocenters. The molecule has 22 heavy (non-hydrogen) atoms. The van der Waals surface area contributed by atoms with Crippen molar-refractivity contribution in [2.24, 2.45) is 4.99 Å². The third-order valence-corrected chi connectivity index (χ3v) is 4.29. The number of nitrogens with zero attached hydrogens (tertiary/aromatic N) is 2. The van der Waals surface area contributed by atoms with E-state index in [9.17, 15) is 4.39 Å². The maximum atomic E-state index is 12.9. The highest BCUT2D eigenvalue weighted by Crippen LogP contribution is 2.18. The van der Waals surface area contributed by atoms with Gasteiger partial charge >= 0.3 is 0 Å². The van der Waals surface area contributed by atoms with E-state index < -0.39 is 0 Å². The summed E-state index contributed by atoms with van der Waals surface area (Å²) in [6.07, 6.45) is 0. The maximum absolute atomic E-state index is 12.9. The maximum Gasteiger partial charge on any atom is 0.191 e. The summed E-state index contributed by atoms with van der Waals surface area (Å²) in [6.45, 7) is 5.50. The molecule has 2 N–H and O–H groups in total. The van der Waals surface area contributed by atoms with E-state index in [2.05, 4.69) is 39.8 Å². The number of nitrogens with one attached hydrogen (secondary N) is 2. The average molecular weight is 320 g/mol. The quantitative estimate of drug-likeness (QED) is 0.657. The summed E-state index contributed by atoms with van der Waals surface area (Å²) in [7, 11) is 1.72. The van der Waals surface area contributed by atoms with Crippen LogP contribution >= 0.6 is 11.3 Å². The monoisotopic (exact) mass is 320 g/mol. The minimum atomic E-state index is -0.226. The zero-order valence-electron chi connectivity index (χ0n) is 13.1. The molecule has 1 heterocycles. The van der Waals surface area contributed by atoms with Crippen LogP contribution in [0.5, 0.6) is 0 Å². The third-order valence-electron chi connectivity index (χ3n) is 3.10. The van der Waals surface area contributed by atoms with Crippen LogP contribution in [0.2, 0.25) is 0 Å². The second kappa shape index (κ2) is 7.89. The Kier molecular flexibility index (Phi) is 5.89. The fraction of sp³-hybridized carbons (Fsp3) is 0.375. The van der Waals surface area contributed by atoms with Crippen LogP contribution in [0.25, 0.3) is 0 Å². The fourth-order valence-electron chi connectivity index (χ4n) is 1.85. The summed E-state index contributed by atoms with van der Waals surface area (Å²) < 4.78 is 12.9. The second-order valence-electron chi connectivity index (χ2n) is 5.24. The van der Waals surface area contributed by atoms with Crippen molar-refractivity contribution < 1.29 is 4.39 Å². The molecular formula is C16H21FN4S. The van der Waals surface area contributed by atoms with E-state index in [1.807, 2.05) is 0 Å². The van der Waals surface area contributed by atoms with Gasteiger partial charge < -0.3 is 10.6 Å². The van der Waals surface area contributed by atoms with Crippen LogP contribution in [0.4, 0.5) is 4.39 Å². The van der Waals surface area contributed by atoms with Gasteiger partial charge in [0.05, 0.1) is 17.2 Å². The van der Waals surface area contributed by atoms with Gasteiger partial charge in [-0.25, -0.2) is 9.37 Å². The van der Waals surface area contributed by atoms with Crippen LogP contribution in [0.1, 0.15) is 36.0 Å². The Morgan fingerprint density at radius 2 is 1.91 bits per heavy atom. The molecule has 0 aliphatic heterocycles. The molecule has 0 bridgehead atoms. The first kappa shape index (κ1) is 16.4. The molecule has 0 atom stereocenters. The van der Waals surface area contributed by atoms with E-state index in [0.29, 0.717) is 25.0 Å². The van der Waals surface area contributed by atoms with E-state index in [0.717, 1.165) is 16.3 Å². The van der Waals surface area contributed by atoms with Gasteiger partial charge in [-0.15, -0.1) is 11.3 Å². The Labute approximate surface area is 134 Å². The Hall–Kier alpha value is -1.95. The summed E-state index contributed by atoms with van der Waals surface area (Å²) in [6, 6.07) is 6.42. The highest BCUT2D eigenvalue weighted by atomic mass is 32.1. The van der Waals surface area contributed by atoms with Gasteiger partial charge in [0.2, 0.25) is 0 Å². The molecule has 0 spiro atoms. The minimum absolute atomic E-state index is 0.226. The van der Waals surface area contributed by atoms with Crippen molar-refractivity contribution in [2.45, 2.75) is 32.9 Å². The van der Waals surface area contributed by atoms with Crippen molar-refractivity contribution in [1.29, 1.82) is 0 Å². The molecule has 0 amide bonds. The van der Waals surface area contributed by atoms with Crippen molar-refractivity contribution in [2.75, 3.05) is 7.05 Å². The lowest BCUT2D eigenvalue weighted by atomic mass is 10.2. The van der Waals surface area contributed by atoms with E-state index in [1.165, 1.54) is 12.1 Å². The molecule has 0 saturated carbocycles. The number of halogens is 1. The summed E-state index contributed by atoms with van der Waals surface area (Å²) in [4.78, 5) is 8.75. The van der Waals surface area contributed by atoms with Crippen LogP contribution in [0.15, 0.2) is 34.6 Å². The molecule has 1 aromatic heterocycles. The highest BCUT2D eigenvalue weighted by molar-refractivity contribution is 7.09. The lowest BCUT2D eigenvalue weighted by Gasteiger charge is -2.11. The number of hydrogen-bond donors (Lipinski definition) is 2. The number of benzene rings is 1. The van der Waals surface area contributed by atoms with Gasteiger partial charge in [-0.2, -0.15) is 0 Å². The second-order valence-corrected chi connectivity index (χ2v) is 6.13. The molecule has 118 valence electrons. The van der Waals surface area contributed by atoms with E-state index in [1.54, 1.807) is 30.5 Å². The van der Waals surface area contributed by atoms with Gasteiger partial charge in [0.1, 0.15) is 5.82 Å². The number of guanidine groups is 1. The first-order valence-electron chi connectivity index (χ1n) is 7.21. The van der Waals surface area contributed by atoms with Crippen LogP contribution in [0.3, 0.4) is 0 Å². The highest BCUT2D eigenvalue weighted by Gasteiger charge is 2.06. The molecule has 0 saturated heterocycles. The van der Waals surface area contributed by atoms with Crippen molar-refractivity contribution in [3.8, 4) is 0 Å². The largest absolute Gasteiger partial charge is 0.352 e. The van der Waals surface area contributed by atoms with Crippen molar-refractivity contribution in [3.63, 3.8) is 0 Å². The summed E-state index contributed by atoms with van der Waals surface area (Å²) >= 11 is 1.68. The van der Waals surface area contributed by atoms with E-state index in [4.69, 9.17) is 0 Å². The predicted octanol–water partition coefficient (Wildman–Crippen LogP) is 3.27. The number of aromatic nitrogens is 1. The smallest absolute Gasteiger partial charge is 0.191 e. The molecule has 0 radical (unpaired) electrons. The number of rotatable bonds is 5. The molecule has 2 rings (SSSR count). The summed E-state index contributed by atoms with van der Waals surface area (Å²) in [5, 5.41) is 9.64. The zero-order valence-corrected chi connectivity index (χ0v) is 13.9. The first-order valence-corrected chi connectivity index (χ1v) is 8.09. The number of aliphatic imine (C=N–C) groups is 1. The lowest BCUT2D eigenvalue weighted by molar-refractivity contribution is 0.626. The van der Waals surface area contributed by atoms with Crippen LogP contribution in [-0.4, -0.2) is 18.0 Å². The van der Waals surface area contributed by atoms with E-state index in [-0.39, 0.29) is 5.82 Å². The summed E-state index contributed by atoms with van der Waals surface area (Å²) in [5.41, 5.74) is 2.01. The van der Waals surface area contributed by atoms with Crippen molar-refractivity contribution in [3.05, 3.63) is 51.7 Å². The number of thiazole rings is 1. The molecule has 0 aliphatic rings. The molecule has 4 nitrogen and oxygen atoms in total. The minimum Gasteiger partial charge on any atom is -0.352 e. The van der Waals surface area contributed by atoms with Crippen molar-refractivity contribution >= 4 is 17.3 Å². The van der Waals surface area contributed by atoms with Gasteiger partial charge in [-0.05, 0) is 17.7 Å². The Morgan fingerprint density at radius 1 is 1.23 bits per heavy atom. The predicted molar refractivity (Wildman–Crippen MR) is 89.6 cm³/mol. The average Bonchev–Trinajstić information content (AvgIpc) is 2.98.